The average molecular weight is 186 g/mol. The Morgan fingerprint density at radius 2 is 2.07 bits per heavy atom. The second-order valence-corrected chi connectivity index (χ2v) is 3.38. The Bertz CT molecular complexity index is 352. The van der Waals surface area contributed by atoms with E-state index in [1.54, 1.807) is 13.0 Å². The minimum absolute atomic E-state index is 0.479. The number of aliphatic hydroxyl groups is 1. The summed E-state index contributed by atoms with van der Waals surface area (Å²) >= 11 is 0. The lowest BCUT2D eigenvalue weighted by molar-refractivity contribution is 0.126. The zero-order chi connectivity index (χ0) is 10.4. The molecule has 14 heavy (non-hydrogen) atoms. The van der Waals surface area contributed by atoms with E-state index in [0.29, 0.717) is 6.42 Å². The molecule has 1 aromatic rings. The van der Waals surface area contributed by atoms with E-state index in [1.807, 2.05) is 30.3 Å². The second-order valence-electron chi connectivity index (χ2n) is 3.38. The number of rotatable bonds is 2. The monoisotopic (exact) mass is 186 g/mol. The lowest BCUT2D eigenvalue weighted by Crippen LogP contribution is -2.19. The van der Waals surface area contributed by atoms with Gasteiger partial charge in [0.15, 0.2) is 0 Å². The van der Waals surface area contributed by atoms with E-state index in [9.17, 15) is 5.11 Å². The fourth-order valence-corrected chi connectivity index (χ4v) is 1.06. The highest BCUT2D eigenvalue weighted by Crippen LogP contribution is 2.08. The van der Waals surface area contributed by atoms with Crippen LogP contribution in [-0.2, 0) is 0 Å². The average Bonchev–Trinajstić information content (AvgIpc) is 2.17. The van der Waals surface area contributed by atoms with Crippen molar-refractivity contribution in [2.45, 2.75) is 18.9 Å². The summed E-state index contributed by atoms with van der Waals surface area (Å²) in [7, 11) is 0. The summed E-state index contributed by atoms with van der Waals surface area (Å²) in [6.07, 6.45) is 2.15. The van der Waals surface area contributed by atoms with Gasteiger partial charge in [0.25, 0.3) is 0 Å². The van der Waals surface area contributed by atoms with Gasteiger partial charge < -0.3 is 5.11 Å². The van der Waals surface area contributed by atoms with Crippen molar-refractivity contribution < 1.29 is 5.11 Å². The van der Waals surface area contributed by atoms with Gasteiger partial charge in [0.05, 0.1) is 0 Å². The minimum atomic E-state index is -0.975. The van der Waals surface area contributed by atoms with E-state index >= 15 is 0 Å². The van der Waals surface area contributed by atoms with Gasteiger partial charge in [-0.25, -0.2) is 0 Å². The first kappa shape index (κ1) is 10.6. The summed E-state index contributed by atoms with van der Waals surface area (Å²) in [5.41, 5.74) is -0.0609. The number of hydrogen-bond donors (Lipinski definition) is 1. The van der Waals surface area contributed by atoms with Crippen LogP contribution in [0.2, 0.25) is 0 Å². The molecule has 0 bridgehead atoms. The normalized spacial score (nSPS) is 13.6. The SMILES string of the molecule is C=CCC(C)(O)C#Cc1ccccc1. The van der Waals surface area contributed by atoms with Crippen LogP contribution < -0.4 is 0 Å². The van der Waals surface area contributed by atoms with E-state index in [4.69, 9.17) is 0 Å². The highest BCUT2D eigenvalue weighted by molar-refractivity contribution is 5.35. The Balaban J connectivity index is 2.77. The molecular formula is C13H14O. The fraction of sp³-hybridized carbons (Fsp3) is 0.231. The van der Waals surface area contributed by atoms with Crippen LogP contribution in [0.1, 0.15) is 18.9 Å². The van der Waals surface area contributed by atoms with Crippen molar-refractivity contribution in [1.29, 1.82) is 0 Å². The third-order valence-corrected chi connectivity index (χ3v) is 1.79. The van der Waals surface area contributed by atoms with Gasteiger partial charge in [0, 0.05) is 12.0 Å². The quantitative estimate of drug-likeness (QED) is 0.555. The molecule has 1 rings (SSSR count). The molecule has 0 radical (unpaired) electrons. The molecule has 1 heteroatoms. The maximum absolute atomic E-state index is 9.73. The van der Waals surface area contributed by atoms with E-state index < -0.39 is 5.60 Å². The summed E-state index contributed by atoms with van der Waals surface area (Å²) in [6.45, 7) is 5.26. The van der Waals surface area contributed by atoms with Crippen molar-refractivity contribution in [2.75, 3.05) is 0 Å². The molecule has 0 aromatic heterocycles. The molecule has 1 atom stereocenters. The lowest BCUT2D eigenvalue weighted by Gasteiger charge is -2.12. The van der Waals surface area contributed by atoms with Gasteiger partial charge in [-0.05, 0) is 19.1 Å². The van der Waals surface area contributed by atoms with Gasteiger partial charge in [-0.15, -0.1) is 6.58 Å². The summed E-state index contributed by atoms with van der Waals surface area (Å²) in [6, 6.07) is 9.61. The predicted molar refractivity (Wildman–Crippen MR) is 58.8 cm³/mol. The predicted octanol–water partition coefficient (Wildman–Crippen LogP) is 2.37. The van der Waals surface area contributed by atoms with Crippen molar-refractivity contribution in [3.8, 4) is 11.8 Å². The first-order valence-corrected chi connectivity index (χ1v) is 4.55. The highest BCUT2D eigenvalue weighted by atomic mass is 16.3. The van der Waals surface area contributed by atoms with Crippen LogP contribution in [0.25, 0.3) is 0 Å². The molecule has 1 unspecified atom stereocenters. The van der Waals surface area contributed by atoms with Gasteiger partial charge in [-0.2, -0.15) is 0 Å². The molecule has 0 saturated carbocycles. The highest BCUT2D eigenvalue weighted by Gasteiger charge is 2.13. The smallest absolute Gasteiger partial charge is 0.126 e. The van der Waals surface area contributed by atoms with Crippen LogP contribution in [0.15, 0.2) is 43.0 Å². The Kier molecular flexibility index (Phi) is 3.50. The summed E-state index contributed by atoms with van der Waals surface area (Å²) in [5, 5.41) is 9.73. The summed E-state index contributed by atoms with van der Waals surface area (Å²) in [5.74, 6) is 5.73. The van der Waals surface area contributed by atoms with Gasteiger partial charge >= 0.3 is 0 Å². The van der Waals surface area contributed by atoms with Gasteiger partial charge in [0.2, 0.25) is 0 Å². The maximum atomic E-state index is 9.73. The van der Waals surface area contributed by atoms with Crippen molar-refractivity contribution in [2.24, 2.45) is 0 Å². The Morgan fingerprint density at radius 3 is 2.64 bits per heavy atom. The van der Waals surface area contributed by atoms with E-state index in [1.165, 1.54) is 0 Å². The lowest BCUT2D eigenvalue weighted by atomic mass is 10.0. The third kappa shape index (κ3) is 3.47. The van der Waals surface area contributed by atoms with Crippen LogP contribution in [0, 0.1) is 11.8 Å². The largest absolute Gasteiger partial charge is 0.378 e. The Labute approximate surface area is 85.1 Å². The standard InChI is InChI=1S/C13H14O/c1-3-10-13(2,14)11-9-12-7-5-4-6-8-12/h3-8,14H,1,10H2,2H3. The fourth-order valence-electron chi connectivity index (χ4n) is 1.06. The number of hydrogen-bond acceptors (Lipinski definition) is 1. The van der Waals surface area contributed by atoms with Crippen molar-refractivity contribution in [1.82, 2.24) is 0 Å². The van der Waals surface area contributed by atoms with E-state index in [-0.39, 0.29) is 0 Å². The molecule has 72 valence electrons. The van der Waals surface area contributed by atoms with Crippen LogP contribution in [0.5, 0.6) is 0 Å². The molecular weight excluding hydrogens is 172 g/mol. The second kappa shape index (κ2) is 4.64. The molecule has 1 aromatic carbocycles. The first-order valence-electron chi connectivity index (χ1n) is 4.55. The Morgan fingerprint density at radius 1 is 1.43 bits per heavy atom. The van der Waals surface area contributed by atoms with Gasteiger partial charge in [0.1, 0.15) is 5.60 Å². The minimum Gasteiger partial charge on any atom is -0.378 e. The topological polar surface area (TPSA) is 20.2 Å². The molecule has 1 nitrogen and oxygen atoms in total. The zero-order valence-corrected chi connectivity index (χ0v) is 8.33. The zero-order valence-electron chi connectivity index (χ0n) is 8.33. The van der Waals surface area contributed by atoms with Gasteiger partial charge in [-0.1, -0.05) is 36.1 Å². The van der Waals surface area contributed by atoms with Crippen LogP contribution in [-0.4, -0.2) is 10.7 Å². The molecule has 0 aliphatic rings. The van der Waals surface area contributed by atoms with Gasteiger partial charge in [-0.3, -0.25) is 0 Å². The maximum Gasteiger partial charge on any atom is 0.126 e. The van der Waals surface area contributed by atoms with Crippen molar-refractivity contribution >= 4 is 0 Å². The van der Waals surface area contributed by atoms with E-state index in [2.05, 4.69) is 18.4 Å². The van der Waals surface area contributed by atoms with Crippen LogP contribution in [0.4, 0.5) is 0 Å². The molecule has 0 aliphatic carbocycles. The molecule has 0 spiro atoms. The Hall–Kier alpha value is -1.52. The molecule has 0 amide bonds. The molecule has 0 fully saturated rings. The van der Waals surface area contributed by atoms with E-state index in [0.717, 1.165) is 5.56 Å². The molecule has 0 saturated heterocycles. The molecule has 0 heterocycles. The summed E-state index contributed by atoms with van der Waals surface area (Å²) < 4.78 is 0. The summed E-state index contributed by atoms with van der Waals surface area (Å²) in [4.78, 5) is 0. The number of benzene rings is 1. The first-order chi connectivity index (χ1) is 6.64. The third-order valence-electron chi connectivity index (χ3n) is 1.79. The van der Waals surface area contributed by atoms with Crippen LogP contribution in [0.3, 0.4) is 0 Å². The van der Waals surface area contributed by atoms with Crippen molar-refractivity contribution in [3.05, 3.63) is 48.6 Å². The molecule has 1 N–H and O–H groups in total. The molecule has 0 aliphatic heterocycles. The van der Waals surface area contributed by atoms with Crippen molar-refractivity contribution in [3.63, 3.8) is 0 Å². The van der Waals surface area contributed by atoms with Crippen LogP contribution >= 0.6 is 0 Å².